The zero-order valence-corrected chi connectivity index (χ0v) is 8.72. The zero-order valence-electron chi connectivity index (χ0n) is 8.72. The van der Waals surface area contributed by atoms with Gasteiger partial charge in [0.15, 0.2) is 0 Å². The molecular formula is C11H18N2. The molecule has 0 aliphatic heterocycles. The average Bonchev–Trinajstić information content (AvgIpc) is 2.47. The standard InChI is InChI=1S/C11H18N2/c1-11(2,3)9-5-4-8-7-12-13-10(8)6-9/h7,9H,4-6H2,1-3H3,(H,12,13). The van der Waals surface area contributed by atoms with Gasteiger partial charge in [-0.05, 0) is 36.2 Å². The van der Waals surface area contributed by atoms with Crippen molar-refractivity contribution in [3.8, 4) is 0 Å². The fraction of sp³-hybridized carbons (Fsp3) is 0.727. The molecule has 0 saturated carbocycles. The van der Waals surface area contributed by atoms with Crippen LogP contribution in [0.1, 0.15) is 38.4 Å². The summed E-state index contributed by atoms with van der Waals surface area (Å²) in [4.78, 5) is 0. The molecule has 13 heavy (non-hydrogen) atoms. The minimum Gasteiger partial charge on any atom is -0.282 e. The third kappa shape index (κ3) is 1.62. The number of H-pyrrole nitrogens is 1. The van der Waals surface area contributed by atoms with Crippen molar-refractivity contribution in [2.45, 2.75) is 40.0 Å². The van der Waals surface area contributed by atoms with Gasteiger partial charge in [-0.25, -0.2) is 0 Å². The van der Waals surface area contributed by atoms with Crippen molar-refractivity contribution in [1.29, 1.82) is 0 Å². The second kappa shape index (κ2) is 2.86. The maximum atomic E-state index is 4.10. The van der Waals surface area contributed by atoms with Gasteiger partial charge in [0.25, 0.3) is 0 Å². The van der Waals surface area contributed by atoms with Gasteiger partial charge in [-0.2, -0.15) is 5.10 Å². The number of nitrogens with zero attached hydrogens (tertiary/aromatic N) is 1. The Labute approximate surface area is 79.7 Å². The van der Waals surface area contributed by atoms with Crippen molar-refractivity contribution >= 4 is 0 Å². The summed E-state index contributed by atoms with van der Waals surface area (Å²) in [5.74, 6) is 0.806. The van der Waals surface area contributed by atoms with E-state index in [-0.39, 0.29) is 0 Å². The molecule has 2 rings (SSSR count). The Hall–Kier alpha value is -0.790. The van der Waals surface area contributed by atoms with Crippen LogP contribution >= 0.6 is 0 Å². The van der Waals surface area contributed by atoms with E-state index in [0.29, 0.717) is 5.41 Å². The van der Waals surface area contributed by atoms with Crippen LogP contribution < -0.4 is 0 Å². The number of aromatic nitrogens is 2. The lowest BCUT2D eigenvalue weighted by atomic mass is 9.72. The van der Waals surface area contributed by atoms with Crippen molar-refractivity contribution in [2.75, 3.05) is 0 Å². The number of fused-ring (bicyclic) bond motifs is 1. The summed E-state index contributed by atoms with van der Waals surface area (Å²) < 4.78 is 0. The molecule has 1 aliphatic rings. The third-order valence-corrected chi connectivity index (χ3v) is 3.24. The quantitative estimate of drug-likeness (QED) is 0.650. The van der Waals surface area contributed by atoms with Crippen LogP contribution in [0.3, 0.4) is 0 Å². The average molecular weight is 178 g/mol. The molecule has 72 valence electrons. The summed E-state index contributed by atoms with van der Waals surface area (Å²) in [5, 5.41) is 7.20. The molecule has 2 heteroatoms. The lowest BCUT2D eigenvalue weighted by molar-refractivity contribution is 0.214. The predicted octanol–water partition coefficient (Wildman–Crippen LogP) is 2.56. The molecule has 1 heterocycles. The Morgan fingerprint density at radius 2 is 2.23 bits per heavy atom. The highest BCUT2D eigenvalue weighted by Crippen LogP contribution is 2.36. The predicted molar refractivity (Wildman–Crippen MR) is 53.6 cm³/mol. The van der Waals surface area contributed by atoms with Crippen molar-refractivity contribution < 1.29 is 0 Å². The van der Waals surface area contributed by atoms with E-state index in [4.69, 9.17) is 0 Å². The van der Waals surface area contributed by atoms with E-state index < -0.39 is 0 Å². The second-order valence-electron chi connectivity index (χ2n) is 5.18. The number of nitrogens with one attached hydrogen (secondary N) is 1. The van der Waals surface area contributed by atoms with Gasteiger partial charge in [-0.3, -0.25) is 5.10 Å². The van der Waals surface area contributed by atoms with Crippen LogP contribution in [-0.2, 0) is 12.8 Å². The summed E-state index contributed by atoms with van der Waals surface area (Å²) in [6, 6.07) is 0. The molecule has 0 spiro atoms. The van der Waals surface area contributed by atoms with Crippen LogP contribution in [0, 0.1) is 11.3 Å². The minimum absolute atomic E-state index is 0.433. The topological polar surface area (TPSA) is 28.7 Å². The van der Waals surface area contributed by atoms with Crippen LogP contribution in [0.25, 0.3) is 0 Å². The maximum Gasteiger partial charge on any atom is 0.0522 e. The van der Waals surface area contributed by atoms with Crippen LogP contribution in [0.2, 0.25) is 0 Å². The van der Waals surface area contributed by atoms with E-state index in [9.17, 15) is 0 Å². The molecule has 1 aliphatic carbocycles. The Morgan fingerprint density at radius 3 is 2.92 bits per heavy atom. The number of hydrogen-bond donors (Lipinski definition) is 1. The molecule has 1 N–H and O–H groups in total. The molecule has 0 radical (unpaired) electrons. The van der Waals surface area contributed by atoms with Crippen LogP contribution in [0.4, 0.5) is 0 Å². The van der Waals surface area contributed by atoms with Gasteiger partial charge in [-0.1, -0.05) is 20.8 Å². The van der Waals surface area contributed by atoms with Gasteiger partial charge >= 0.3 is 0 Å². The van der Waals surface area contributed by atoms with Gasteiger partial charge in [-0.15, -0.1) is 0 Å². The first kappa shape index (κ1) is 8.79. The highest BCUT2D eigenvalue weighted by Gasteiger charge is 2.29. The van der Waals surface area contributed by atoms with Gasteiger partial charge in [0.05, 0.1) is 6.20 Å². The molecular weight excluding hydrogens is 160 g/mol. The molecule has 0 amide bonds. The van der Waals surface area contributed by atoms with E-state index in [1.165, 1.54) is 30.5 Å². The lowest BCUT2D eigenvalue weighted by Gasteiger charge is -2.33. The molecule has 0 bridgehead atoms. The van der Waals surface area contributed by atoms with Crippen LogP contribution in [0.5, 0.6) is 0 Å². The van der Waals surface area contributed by atoms with Crippen LogP contribution in [-0.4, -0.2) is 10.2 Å². The molecule has 0 fully saturated rings. The van der Waals surface area contributed by atoms with Crippen molar-refractivity contribution in [1.82, 2.24) is 10.2 Å². The zero-order chi connectivity index (χ0) is 9.47. The van der Waals surface area contributed by atoms with Gasteiger partial charge in [0, 0.05) is 5.69 Å². The van der Waals surface area contributed by atoms with E-state index >= 15 is 0 Å². The van der Waals surface area contributed by atoms with Gasteiger partial charge < -0.3 is 0 Å². The molecule has 1 aromatic rings. The summed E-state index contributed by atoms with van der Waals surface area (Å²) >= 11 is 0. The van der Waals surface area contributed by atoms with Crippen molar-refractivity contribution in [3.05, 3.63) is 17.5 Å². The summed E-state index contributed by atoms with van der Waals surface area (Å²) in [6.45, 7) is 7.00. The minimum atomic E-state index is 0.433. The summed E-state index contributed by atoms with van der Waals surface area (Å²) in [5.41, 5.74) is 3.23. The lowest BCUT2D eigenvalue weighted by Crippen LogP contribution is -2.26. The Morgan fingerprint density at radius 1 is 1.46 bits per heavy atom. The van der Waals surface area contributed by atoms with E-state index in [1.54, 1.807) is 0 Å². The molecule has 0 aromatic carbocycles. The van der Waals surface area contributed by atoms with Crippen molar-refractivity contribution in [3.63, 3.8) is 0 Å². The maximum absolute atomic E-state index is 4.10. The van der Waals surface area contributed by atoms with Crippen molar-refractivity contribution in [2.24, 2.45) is 11.3 Å². The number of aromatic amines is 1. The summed E-state index contributed by atoms with van der Waals surface area (Å²) in [7, 11) is 0. The Kier molecular flexibility index (Phi) is 1.94. The normalized spacial score (nSPS) is 22.8. The largest absolute Gasteiger partial charge is 0.282 e. The van der Waals surface area contributed by atoms with E-state index in [0.717, 1.165) is 5.92 Å². The Balaban J connectivity index is 2.18. The second-order valence-corrected chi connectivity index (χ2v) is 5.18. The first-order chi connectivity index (χ1) is 6.07. The third-order valence-electron chi connectivity index (χ3n) is 3.24. The molecule has 2 nitrogen and oxygen atoms in total. The highest BCUT2D eigenvalue weighted by molar-refractivity contribution is 5.20. The first-order valence-corrected chi connectivity index (χ1v) is 5.08. The number of hydrogen-bond acceptors (Lipinski definition) is 1. The highest BCUT2D eigenvalue weighted by atomic mass is 15.1. The molecule has 1 atom stereocenters. The molecule has 0 saturated heterocycles. The van der Waals surface area contributed by atoms with E-state index in [2.05, 4.69) is 31.0 Å². The molecule has 1 aromatic heterocycles. The fourth-order valence-corrected chi connectivity index (χ4v) is 2.15. The fourth-order valence-electron chi connectivity index (χ4n) is 2.15. The van der Waals surface area contributed by atoms with Gasteiger partial charge in [0.1, 0.15) is 0 Å². The smallest absolute Gasteiger partial charge is 0.0522 e. The molecule has 1 unspecified atom stereocenters. The Bertz CT molecular complexity index is 293. The van der Waals surface area contributed by atoms with E-state index in [1.807, 2.05) is 6.20 Å². The van der Waals surface area contributed by atoms with Crippen LogP contribution in [0.15, 0.2) is 6.20 Å². The number of rotatable bonds is 0. The number of aryl methyl sites for hydroxylation is 1. The first-order valence-electron chi connectivity index (χ1n) is 5.08. The SMILES string of the molecule is CC(C)(C)C1CCc2cn[nH]c2C1. The summed E-state index contributed by atoms with van der Waals surface area (Å²) in [6.07, 6.45) is 5.68. The van der Waals surface area contributed by atoms with Gasteiger partial charge in [0.2, 0.25) is 0 Å². The monoisotopic (exact) mass is 178 g/mol.